The molecule has 6 aromatic rings. The lowest BCUT2D eigenvalue weighted by molar-refractivity contribution is 1.07. The molecule has 0 radical (unpaired) electrons. The van der Waals surface area contributed by atoms with Gasteiger partial charge in [-0.25, -0.2) is 0 Å². The maximum Gasteiger partial charge on any atom is 0.0541 e. The highest BCUT2D eigenvalue weighted by Crippen LogP contribution is 2.34. The molecule has 3 heteroatoms. The summed E-state index contributed by atoms with van der Waals surface area (Å²) in [5, 5.41) is 3.80. The highest BCUT2D eigenvalue weighted by atomic mass is 15.1. The third-order valence-corrected chi connectivity index (χ3v) is 6.12. The van der Waals surface area contributed by atoms with Gasteiger partial charge in [0.25, 0.3) is 0 Å². The Kier molecular flexibility index (Phi) is 3.90. The quantitative estimate of drug-likeness (QED) is 0.318. The van der Waals surface area contributed by atoms with Gasteiger partial charge >= 0.3 is 0 Å². The zero-order chi connectivity index (χ0) is 20.9. The van der Waals surface area contributed by atoms with Crippen LogP contribution in [0.25, 0.3) is 44.1 Å². The van der Waals surface area contributed by atoms with Crippen LogP contribution >= 0.6 is 0 Å². The van der Waals surface area contributed by atoms with Crippen molar-refractivity contribution in [3.05, 3.63) is 103 Å². The Bertz CT molecular complexity index is 1510. The fourth-order valence-electron chi connectivity index (χ4n) is 4.61. The first-order chi connectivity index (χ1) is 15.2. The van der Waals surface area contributed by atoms with Gasteiger partial charge in [0.15, 0.2) is 0 Å². The summed E-state index contributed by atoms with van der Waals surface area (Å²) in [5.41, 5.74) is 7.16. The number of fused-ring (bicyclic) bond motifs is 4. The van der Waals surface area contributed by atoms with Crippen LogP contribution in [0.3, 0.4) is 0 Å². The topological polar surface area (TPSA) is 13.1 Å². The molecule has 0 saturated carbocycles. The van der Waals surface area contributed by atoms with E-state index in [-0.39, 0.29) is 0 Å². The molecule has 0 aliphatic rings. The first kappa shape index (κ1) is 17.8. The van der Waals surface area contributed by atoms with Gasteiger partial charge in [-0.2, -0.15) is 0 Å². The molecule has 31 heavy (non-hydrogen) atoms. The van der Waals surface area contributed by atoms with E-state index in [1.807, 2.05) is 0 Å². The minimum atomic E-state index is 1.16. The number of hydrogen-bond donors (Lipinski definition) is 0. The van der Waals surface area contributed by atoms with Crippen LogP contribution in [0.15, 0.2) is 103 Å². The van der Waals surface area contributed by atoms with Crippen LogP contribution in [0.2, 0.25) is 0 Å². The maximum atomic E-state index is 2.38. The van der Waals surface area contributed by atoms with Gasteiger partial charge in [0.2, 0.25) is 0 Å². The summed E-state index contributed by atoms with van der Waals surface area (Å²) in [4.78, 5) is 2.17. The molecule has 0 amide bonds. The minimum absolute atomic E-state index is 1.16. The molecule has 0 aliphatic heterocycles. The molecule has 3 nitrogen and oxygen atoms in total. The van der Waals surface area contributed by atoms with E-state index in [1.54, 1.807) is 0 Å². The SMILES string of the molecule is CN(C)c1cc(-n2ccc3ccccc32)cc(-n2c3ccccc3c3ccccc32)c1. The normalized spacial score (nSPS) is 11.5. The number of benzene rings is 4. The van der Waals surface area contributed by atoms with Crippen LogP contribution in [0, 0.1) is 0 Å². The lowest BCUT2D eigenvalue weighted by Crippen LogP contribution is -2.10. The fourth-order valence-corrected chi connectivity index (χ4v) is 4.61. The smallest absolute Gasteiger partial charge is 0.0541 e. The zero-order valence-electron chi connectivity index (χ0n) is 17.7. The molecule has 0 aliphatic carbocycles. The van der Waals surface area contributed by atoms with Crippen molar-refractivity contribution in [2.45, 2.75) is 0 Å². The number of anilines is 1. The van der Waals surface area contributed by atoms with Crippen molar-refractivity contribution >= 4 is 38.4 Å². The number of aromatic nitrogens is 2. The van der Waals surface area contributed by atoms with E-state index < -0.39 is 0 Å². The van der Waals surface area contributed by atoms with E-state index >= 15 is 0 Å². The number of nitrogens with zero attached hydrogens (tertiary/aromatic N) is 3. The van der Waals surface area contributed by atoms with Gasteiger partial charge in [0, 0.05) is 42.4 Å². The first-order valence-electron chi connectivity index (χ1n) is 10.6. The molecular weight excluding hydrogens is 378 g/mol. The number of rotatable bonds is 3. The predicted molar refractivity (Wildman–Crippen MR) is 132 cm³/mol. The lowest BCUT2D eigenvalue weighted by Gasteiger charge is -2.18. The Morgan fingerprint density at radius 2 is 1.16 bits per heavy atom. The molecule has 2 aromatic heterocycles. The minimum Gasteiger partial charge on any atom is -0.378 e. The lowest BCUT2D eigenvalue weighted by atomic mass is 10.2. The fraction of sp³-hybridized carbons (Fsp3) is 0.0714. The number of hydrogen-bond acceptors (Lipinski definition) is 1. The van der Waals surface area contributed by atoms with E-state index in [0.29, 0.717) is 0 Å². The highest BCUT2D eigenvalue weighted by Gasteiger charge is 2.14. The van der Waals surface area contributed by atoms with E-state index in [1.165, 1.54) is 38.4 Å². The van der Waals surface area contributed by atoms with Crippen molar-refractivity contribution in [1.29, 1.82) is 0 Å². The van der Waals surface area contributed by atoms with E-state index in [9.17, 15) is 0 Å². The van der Waals surface area contributed by atoms with Crippen molar-refractivity contribution in [2.75, 3.05) is 19.0 Å². The van der Waals surface area contributed by atoms with Crippen molar-refractivity contribution in [3.8, 4) is 11.4 Å². The zero-order valence-corrected chi connectivity index (χ0v) is 17.7. The van der Waals surface area contributed by atoms with Crippen LogP contribution < -0.4 is 4.90 Å². The van der Waals surface area contributed by atoms with Crippen LogP contribution in [0.5, 0.6) is 0 Å². The average molecular weight is 402 g/mol. The Labute approximate surface area is 181 Å². The van der Waals surface area contributed by atoms with Crippen LogP contribution in [-0.2, 0) is 0 Å². The van der Waals surface area contributed by atoms with E-state index in [0.717, 1.165) is 11.4 Å². The maximum absolute atomic E-state index is 2.38. The second-order valence-electron chi connectivity index (χ2n) is 8.22. The Balaban J connectivity index is 1.69. The molecule has 0 N–H and O–H groups in total. The summed E-state index contributed by atoms with van der Waals surface area (Å²) in [5.74, 6) is 0. The predicted octanol–water partition coefficient (Wildman–Crippen LogP) is 6.79. The van der Waals surface area contributed by atoms with Crippen LogP contribution in [0.1, 0.15) is 0 Å². The monoisotopic (exact) mass is 401 g/mol. The van der Waals surface area contributed by atoms with Crippen molar-refractivity contribution in [2.24, 2.45) is 0 Å². The Morgan fingerprint density at radius 1 is 0.581 bits per heavy atom. The summed E-state index contributed by atoms with van der Waals surface area (Å²) in [6.45, 7) is 0. The molecule has 4 aromatic carbocycles. The molecule has 0 bridgehead atoms. The van der Waals surface area contributed by atoms with Crippen LogP contribution in [-0.4, -0.2) is 23.2 Å². The van der Waals surface area contributed by atoms with Gasteiger partial charge in [0.1, 0.15) is 0 Å². The largest absolute Gasteiger partial charge is 0.378 e. The van der Waals surface area contributed by atoms with Gasteiger partial charge < -0.3 is 14.0 Å². The second kappa shape index (κ2) is 6.78. The molecule has 0 saturated heterocycles. The Hall–Kier alpha value is -3.98. The first-order valence-corrected chi connectivity index (χ1v) is 10.6. The summed E-state index contributed by atoms with van der Waals surface area (Å²) in [7, 11) is 4.20. The van der Waals surface area contributed by atoms with Gasteiger partial charge in [-0.1, -0.05) is 54.6 Å². The second-order valence-corrected chi connectivity index (χ2v) is 8.22. The molecule has 6 rings (SSSR count). The summed E-state index contributed by atoms with van der Waals surface area (Å²) < 4.78 is 4.66. The van der Waals surface area contributed by atoms with Crippen molar-refractivity contribution in [3.63, 3.8) is 0 Å². The molecule has 150 valence electrons. The summed E-state index contributed by atoms with van der Waals surface area (Å²) in [6, 6.07) is 34.8. The standard InChI is InChI=1S/C28H23N3/c1-29(2)21-17-22(30-16-15-20-9-3-6-12-26(20)30)19-23(18-21)31-27-13-7-4-10-24(27)25-11-5-8-14-28(25)31/h3-19H,1-2H3. The summed E-state index contributed by atoms with van der Waals surface area (Å²) >= 11 is 0. The van der Waals surface area contributed by atoms with Crippen molar-refractivity contribution in [1.82, 2.24) is 9.13 Å². The molecule has 0 atom stereocenters. The third kappa shape index (κ3) is 2.74. The van der Waals surface area contributed by atoms with Gasteiger partial charge in [0.05, 0.1) is 22.2 Å². The molecular formula is C28H23N3. The third-order valence-electron chi connectivity index (χ3n) is 6.12. The van der Waals surface area contributed by atoms with Gasteiger partial charge in [-0.3, -0.25) is 0 Å². The van der Waals surface area contributed by atoms with Crippen molar-refractivity contribution < 1.29 is 0 Å². The summed E-state index contributed by atoms with van der Waals surface area (Å²) in [6.07, 6.45) is 2.16. The Morgan fingerprint density at radius 3 is 1.84 bits per heavy atom. The molecule has 0 unspecified atom stereocenters. The number of para-hydroxylation sites is 3. The van der Waals surface area contributed by atoms with E-state index in [4.69, 9.17) is 0 Å². The molecule has 2 heterocycles. The molecule has 0 spiro atoms. The van der Waals surface area contributed by atoms with Crippen LogP contribution in [0.4, 0.5) is 5.69 Å². The van der Waals surface area contributed by atoms with Gasteiger partial charge in [-0.15, -0.1) is 0 Å². The average Bonchev–Trinajstić information content (AvgIpc) is 3.38. The van der Waals surface area contributed by atoms with E-state index in [2.05, 4.69) is 131 Å². The highest BCUT2D eigenvalue weighted by molar-refractivity contribution is 6.09. The molecule has 0 fully saturated rings. The van der Waals surface area contributed by atoms with Gasteiger partial charge in [-0.05, 0) is 47.9 Å².